The molecule has 3 rings (SSSR count). The summed E-state index contributed by atoms with van der Waals surface area (Å²) in [6, 6.07) is 4.22. The molecule has 1 spiro atoms. The first-order valence-corrected chi connectivity index (χ1v) is 7.76. The Bertz CT molecular complexity index is 646. The molecule has 1 aromatic rings. The van der Waals surface area contributed by atoms with Crippen LogP contribution < -0.4 is 5.73 Å². The van der Waals surface area contributed by atoms with Gasteiger partial charge in [-0.15, -0.1) is 0 Å². The van der Waals surface area contributed by atoms with Crippen molar-refractivity contribution in [3.8, 4) is 0 Å². The lowest BCUT2D eigenvalue weighted by Gasteiger charge is -2.43. The summed E-state index contributed by atoms with van der Waals surface area (Å²) >= 11 is 0. The number of rotatable bonds is 2. The molecule has 3 unspecified atom stereocenters. The second-order valence-corrected chi connectivity index (χ2v) is 6.53. The SMILES string of the molecule is CC1CCC2(C(=O)N(C)C(=O)c3cc(F)ccc32)C1CCN. The number of fused-ring (bicyclic) bond motifs is 2. The average Bonchev–Trinajstić information content (AvgIpc) is 2.82. The first-order valence-electron chi connectivity index (χ1n) is 7.76. The Hall–Kier alpha value is -1.75. The maximum absolute atomic E-state index is 13.6. The molecule has 2 N–H and O–H groups in total. The van der Waals surface area contributed by atoms with Crippen LogP contribution >= 0.6 is 0 Å². The van der Waals surface area contributed by atoms with Crippen LogP contribution in [0.2, 0.25) is 0 Å². The number of imide groups is 1. The Labute approximate surface area is 129 Å². The zero-order valence-corrected chi connectivity index (χ0v) is 12.9. The van der Waals surface area contributed by atoms with Crippen LogP contribution in [0, 0.1) is 17.7 Å². The number of likely N-dealkylation sites (N-methyl/N-ethyl adjacent to an activating group) is 1. The van der Waals surface area contributed by atoms with E-state index in [1.807, 2.05) is 0 Å². The van der Waals surface area contributed by atoms with Crippen LogP contribution in [0.1, 0.15) is 42.1 Å². The average molecular weight is 304 g/mol. The van der Waals surface area contributed by atoms with E-state index in [0.29, 0.717) is 30.0 Å². The van der Waals surface area contributed by atoms with Crippen molar-refractivity contribution in [2.45, 2.75) is 31.6 Å². The predicted octanol–water partition coefficient (Wildman–Crippen LogP) is 2.07. The molecule has 0 radical (unpaired) electrons. The zero-order chi connectivity index (χ0) is 16.1. The van der Waals surface area contributed by atoms with Gasteiger partial charge in [0.1, 0.15) is 5.82 Å². The highest BCUT2D eigenvalue weighted by atomic mass is 19.1. The van der Waals surface area contributed by atoms with E-state index in [9.17, 15) is 14.0 Å². The van der Waals surface area contributed by atoms with Gasteiger partial charge in [0.25, 0.3) is 5.91 Å². The number of amides is 2. The molecule has 4 nitrogen and oxygen atoms in total. The van der Waals surface area contributed by atoms with E-state index in [4.69, 9.17) is 5.73 Å². The van der Waals surface area contributed by atoms with Crippen LogP contribution in [-0.4, -0.2) is 30.3 Å². The molecule has 118 valence electrons. The summed E-state index contributed by atoms with van der Waals surface area (Å²) in [4.78, 5) is 26.5. The van der Waals surface area contributed by atoms with Crippen LogP contribution in [0.5, 0.6) is 0 Å². The number of benzene rings is 1. The van der Waals surface area contributed by atoms with E-state index in [1.54, 1.807) is 6.07 Å². The molecular weight excluding hydrogens is 283 g/mol. The molecule has 1 saturated carbocycles. The second kappa shape index (κ2) is 5.16. The number of hydrogen-bond acceptors (Lipinski definition) is 3. The van der Waals surface area contributed by atoms with Crippen LogP contribution in [0.3, 0.4) is 0 Å². The van der Waals surface area contributed by atoms with Crippen LogP contribution in [0.15, 0.2) is 18.2 Å². The summed E-state index contributed by atoms with van der Waals surface area (Å²) in [7, 11) is 1.49. The Morgan fingerprint density at radius 2 is 2.14 bits per heavy atom. The molecule has 22 heavy (non-hydrogen) atoms. The van der Waals surface area contributed by atoms with E-state index in [1.165, 1.54) is 19.2 Å². The quantitative estimate of drug-likeness (QED) is 0.851. The molecule has 1 fully saturated rings. The fraction of sp³-hybridized carbons (Fsp3) is 0.529. The Balaban J connectivity index is 2.24. The molecule has 1 aliphatic heterocycles. The molecule has 2 aliphatic rings. The van der Waals surface area contributed by atoms with Crippen molar-refractivity contribution >= 4 is 11.8 Å². The van der Waals surface area contributed by atoms with E-state index < -0.39 is 17.1 Å². The molecule has 0 saturated heterocycles. The number of nitrogens with zero attached hydrogens (tertiary/aromatic N) is 1. The molecule has 0 aromatic heterocycles. The molecule has 5 heteroatoms. The van der Waals surface area contributed by atoms with Crippen molar-refractivity contribution in [2.24, 2.45) is 17.6 Å². The van der Waals surface area contributed by atoms with E-state index in [0.717, 1.165) is 17.7 Å². The molecule has 1 aliphatic carbocycles. The Kier molecular flexibility index (Phi) is 3.56. The fourth-order valence-corrected chi connectivity index (χ4v) is 4.41. The Morgan fingerprint density at radius 3 is 2.82 bits per heavy atom. The minimum absolute atomic E-state index is 0.0877. The minimum atomic E-state index is -0.732. The summed E-state index contributed by atoms with van der Waals surface area (Å²) < 4.78 is 13.6. The van der Waals surface area contributed by atoms with Crippen molar-refractivity contribution in [3.05, 3.63) is 35.1 Å². The number of carbonyl (C=O) groups excluding carboxylic acids is 2. The summed E-state index contributed by atoms with van der Waals surface area (Å²) in [5.41, 5.74) is 6.03. The van der Waals surface area contributed by atoms with Gasteiger partial charge in [0.05, 0.1) is 5.41 Å². The third-order valence-corrected chi connectivity index (χ3v) is 5.48. The highest BCUT2D eigenvalue weighted by molar-refractivity contribution is 6.13. The summed E-state index contributed by atoms with van der Waals surface area (Å²) in [5.74, 6) is -0.598. The highest BCUT2D eigenvalue weighted by Crippen LogP contribution is 2.53. The van der Waals surface area contributed by atoms with Gasteiger partial charge in [-0.25, -0.2) is 4.39 Å². The molecule has 1 aromatic carbocycles. The molecular formula is C17H21FN2O2. The van der Waals surface area contributed by atoms with Gasteiger partial charge in [0.2, 0.25) is 5.91 Å². The maximum Gasteiger partial charge on any atom is 0.260 e. The van der Waals surface area contributed by atoms with Crippen molar-refractivity contribution in [1.29, 1.82) is 0 Å². The third kappa shape index (κ3) is 1.85. The van der Waals surface area contributed by atoms with Gasteiger partial charge >= 0.3 is 0 Å². The van der Waals surface area contributed by atoms with Gasteiger partial charge in [-0.2, -0.15) is 0 Å². The summed E-state index contributed by atoms with van der Waals surface area (Å²) in [6.45, 7) is 2.63. The van der Waals surface area contributed by atoms with Gasteiger partial charge in [-0.3, -0.25) is 14.5 Å². The molecule has 3 atom stereocenters. The monoisotopic (exact) mass is 304 g/mol. The number of nitrogens with two attached hydrogens (primary N) is 1. The number of hydrogen-bond donors (Lipinski definition) is 1. The third-order valence-electron chi connectivity index (χ3n) is 5.48. The lowest BCUT2D eigenvalue weighted by Crippen LogP contribution is -2.55. The summed E-state index contributed by atoms with van der Waals surface area (Å²) in [5, 5.41) is 0. The fourth-order valence-electron chi connectivity index (χ4n) is 4.41. The van der Waals surface area contributed by atoms with Gasteiger partial charge in [0, 0.05) is 12.6 Å². The van der Waals surface area contributed by atoms with Crippen molar-refractivity contribution in [3.63, 3.8) is 0 Å². The van der Waals surface area contributed by atoms with E-state index in [-0.39, 0.29) is 11.8 Å². The van der Waals surface area contributed by atoms with Crippen LogP contribution in [-0.2, 0) is 10.2 Å². The Morgan fingerprint density at radius 1 is 1.41 bits per heavy atom. The number of halogens is 1. The standard InChI is InChI=1S/C17H21FN2O2/c1-10-5-7-17(13(10)6-8-19)14-4-3-11(18)9-12(14)15(21)20(2)16(17)22/h3-4,9-10,13H,5-8,19H2,1-2H3. The smallest absolute Gasteiger partial charge is 0.260 e. The van der Waals surface area contributed by atoms with Gasteiger partial charge < -0.3 is 5.73 Å². The number of carbonyl (C=O) groups is 2. The minimum Gasteiger partial charge on any atom is -0.330 e. The molecule has 0 bridgehead atoms. The molecule has 1 heterocycles. The first-order chi connectivity index (χ1) is 10.4. The maximum atomic E-state index is 13.6. The lowest BCUT2D eigenvalue weighted by atomic mass is 9.65. The van der Waals surface area contributed by atoms with E-state index in [2.05, 4.69) is 6.92 Å². The van der Waals surface area contributed by atoms with Gasteiger partial charge in [-0.05, 0) is 55.3 Å². The largest absolute Gasteiger partial charge is 0.330 e. The lowest BCUT2D eigenvalue weighted by molar-refractivity contribution is -0.136. The van der Waals surface area contributed by atoms with Crippen molar-refractivity contribution < 1.29 is 14.0 Å². The topological polar surface area (TPSA) is 63.4 Å². The predicted molar refractivity (Wildman–Crippen MR) is 80.7 cm³/mol. The van der Waals surface area contributed by atoms with Gasteiger partial charge in [-0.1, -0.05) is 13.0 Å². The van der Waals surface area contributed by atoms with Gasteiger partial charge in [0.15, 0.2) is 0 Å². The molecule has 2 amide bonds. The highest BCUT2D eigenvalue weighted by Gasteiger charge is 2.57. The second-order valence-electron chi connectivity index (χ2n) is 6.53. The van der Waals surface area contributed by atoms with E-state index >= 15 is 0 Å². The van der Waals surface area contributed by atoms with Crippen LogP contribution in [0.4, 0.5) is 4.39 Å². The van der Waals surface area contributed by atoms with Crippen molar-refractivity contribution in [1.82, 2.24) is 4.90 Å². The normalized spacial score (nSPS) is 31.0. The van der Waals surface area contributed by atoms with Crippen molar-refractivity contribution in [2.75, 3.05) is 13.6 Å². The first kappa shape index (κ1) is 15.2. The van der Waals surface area contributed by atoms with Crippen LogP contribution in [0.25, 0.3) is 0 Å². The summed E-state index contributed by atoms with van der Waals surface area (Å²) in [6.07, 6.45) is 2.33. The zero-order valence-electron chi connectivity index (χ0n) is 12.9.